The second-order valence-electron chi connectivity index (χ2n) is 9.48. The highest BCUT2D eigenvalue weighted by atomic mass is 28.3. The molecule has 1 aliphatic rings. The number of aromatic nitrogens is 2. The summed E-state index contributed by atoms with van der Waals surface area (Å²) >= 11 is 0. The number of benzene rings is 3. The highest BCUT2D eigenvalue weighted by molar-refractivity contribution is 7.05. The van der Waals surface area contributed by atoms with Gasteiger partial charge in [-0.3, -0.25) is 0 Å². The standard InChI is InChI=1S/C27H20N2OSi/c1-28-18-9-6-8-16-22(18)23-19(28)12-11-17-24(23)29(20-13-14-30-26(17)20)25-15-7-4-5-10-21(15)31(2,3)27(16)25/h4-14H,1-3H3. The molecule has 31 heavy (non-hydrogen) atoms. The minimum Gasteiger partial charge on any atom is -0.462 e. The third-order valence-corrected chi connectivity index (χ3v) is 11.3. The van der Waals surface area contributed by atoms with Gasteiger partial charge in [0.25, 0.3) is 0 Å². The van der Waals surface area contributed by atoms with E-state index in [9.17, 15) is 0 Å². The van der Waals surface area contributed by atoms with E-state index >= 15 is 0 Å². The highest BCUT2D eigenvalue weighted by Gasteiger charge is 2.41. The first kappa shape index (κ1) is 16.2. The molecule has 0 bridgehead atoms. The molecule has 7 aromatic rings. The van der Waals surface area contributed by atoms with Gasteiger partial charge in [-0.2, -0.15) is 0 Å². The van der Waals surface area contributed by atoms with E-state index in [-0.39, 0.29) is 0 Å². The van der Waals surface area contributed by atoms with Crippen LogP contribution in [0.25, 0.3) is 60.5 Å². The number of furan rings is 1. The number of hydrogen-bond acceptors (Lipinski definition) is 1. The summed E-state index contributed by atoms with van der Waals surface area (Å²) < 4.78 is 10.9. The Bertz CT molecular complexity index is 1880. The van der Waals surface area contributed by atoms with Crippen LogP contribution >= 0.6 is 0 Å². The molecule has 4 aromatic heterocycles. The van der Waals surface area contributed by atoms with Crippen LogP contribution in [0, 0.1) is 0 Å². The molecule has 0 aliphatic carbocycles. The van der Waals surface area contributed by atoms with E-state index in [2.05, 4.69) is 89.8 Å². The van der Waals surface area contributed by atoms with Gasteiger partial charge in [-0.15, -0.1) is 0 Å². The quantitative estimate of drug-likeness (QED) is 0.290. The van der Waals surface area contributed by atoms with Gasteiger partial charge in [-0.25, -0.2) is 0 Å². The number of fused-ring (bicyclic) bond motifs is 8. The molecule has 0 amide bonds. The summed E-state index contributed by atoms with van der Waals surface area (Å²) in [6, 6.07) is 22.6. The lowest BCUT2D eigenvalue weighted by atomic mass is 10.1. The van der Waals surface area contributed by atoms with Crippen molar-refractivity contribution in [2.75, 3.05) is 0 Å². The van der Waals surface area contributed by atoms with Crippen molar-refractivity contribution in [1.29, 1.82) is 0 Å². The maximum absolute atomic E-state index is 6.05. The van der Waals surface area contributed by atoms with Crippen molar-refractivity contribution in [2.45, 2.75) is 13.1 Å². The topological polar surface area (TPSA) is 22.5 Å². The second-order valence-corrected chi connectivity index (χ2v) is 13.8. The smallest absolute Gasteiger partial charge is 0.159 e. The lowest BCUT2D eigenvalue weighted by Gasteiger charge is -2.19. The monoisotopic (exact) mass is 416 g/mol. The zero-order valence-corrected chi connectivity index (χ0v) is 18.7. The van der Waals surface area contributed by atoms with Gasteiger partial charge in [0.2, 0.25) is 0 Å². The number of rotatable bonds is 0. The van der Waals surface area contributed by atoms with Crippen molar-refractivity contribution in [2.24, 2.45) is 7.05 Å². The summed E-state index contributed by atoms with van der Waals surface area (Å²) in [6.07, 6.45) is 1.83. The summed E-state index contributed by atoms with van der Waals surface area (Å²) in [5.74, 6) is 0. The first-order valence-electron chi connectivity index (χ1n) is 10.9. The number of aryl methyl sites for hydroxylation is 1. The van der Waals surface area contributed by atoms with Gasteiger partial charge in [0.1, 0.15) is 8.07 Å². The third kappa shape index (κ3) is 1.57. The van der Waals surface area contributed by atoms with Crippen molar-refractivity contribution < 1.29 is 4.42 Å². The van der Waals surface area contributed by atoms with E-state index in [0.29, 0.717) is 0 Å². The maximum Gasteiger partial charge on any atom is 0.159 e. The van der Waals surface area contributed by atoms with E-state index in [0.717, 1.165) is 5.58 Å². The molecule has 0 saturated carbocycles. The SMILES string of the molecule is Cn1c2cccc3c4c(n5c6ccoc6c6ccc1c(c32)c65)-c1ccccc1[Si]4(C)C. The van der Waals surface area contributed by atoms with Crippen LogP contribution in [-0.4, -0.2) is 17.0 Å². The minimum atomic E-state index is -1.91. The first-order chi connectivity index (χ1) is 15.1. The Morgan fingerprint density at radius 1 is 0.774 bits per heavy atom. The third-order valence-electron chi connectivity index (χ3n) is 7.73. The molecule has 0 unspecified atom stereocenters. The van der Waals surface area contributed by atoms with Crippen LogP contribution in [0.3, 0.4) is 0 Å². The molecular formula is C27H20N2OSi. The Kier molecular flexibility index (Phi) is 2.55. The van der Waals surface area contributed by atoms with Crippen LogP contribution < -0.4 is 10.4 Å². The van der Waals surface area contributed by atoms with Gasteiger partial charge < -0.3 is 13.4 Å². The summed E-state index contributed by atoms with van der Waals surface area (Å²) in [5, 5.41) is 8.44. The maximum atomic E-state index is 6.05. The van der Waals surface area contributed by atoms with E-state index in [1.165, 1.54) is 60.1 Å². The zero-order valence-electron chi connectivity index (χ0n) is 17.7. The zero-order chi connectivity index (χ0) is 20.6. The lowest BCUT2D eigenvalue weighted by molar-refractivity contribution is 0.619. The molecule has 0 atom stereocenters. The van der Waals surface area contributed by atoms with Gasteiger partial charge >= 0.3 is 0 Å². The molecule has 0 spiro atoms. The molecule has 0 radical (unpaired) electrons. The number of nitrogens with zero attached hydrogens (tertiary/aromatic N) is 2. The van der Waals surface area contributed by atoms with Gasteiger partial charge in [0.05, 0.1) is 28.5 Å². The van der Waals surface area contributed by atoms with E-state index in [1.807, 2.05) is 6.26 Å². The molecule has 8 rings (SSSR count). The molecule has 0 N–H and O–H groups in total. The summed E-state index contributed by atoms with van der Waals surface area (Å²) in [6.45, 7) is 5.02. The van der Waals surface area contributed by atoms with Crippen LogP contribution in [0.15, 0.2) is 71.3 Å². The fraction of sp³-hybridized carbons (Fsp3) is 0.111. The molecule has 5 heterocycles. The van der Waals surface area contributed by atoms with Crippen molar-refractivity contribution >= 4 is 67.6 Å². The van der Waals surface area contributed by atoms with E-state index in [1.54, 1.807) is 5.19 Å². The Labute approximate surface area is 179 Å². The molecule has 1 aliphatic heterocycles. The minimum absolute atomic E-state index is 0.990. The molecule has 0 saturated heterocycles. The average molecular weight is 417 g/mol. The average Bonchev–Trinajstić information content (AvgIpc) is 3.46. The van der Waals surface area contributed by atoms with E-state index < -0.39 is 8.07 Å². The Hall–Kier alpha value is -3.50. The summed E-state index contributed by atoms with van der Waals surface area (Å²) in [7, 11) is 0.281. The van der Waals surface area contributed by atoms with Crippen LogP contribution in [0.2, 0.25) is 13.1 Å². The normalized spacial score (nSPS) is 15.2. The molecule has 148 valence electrons. The fourth-order valence-corrected chi connectivity index (χ4v) is 9.85. The molecule has 0 fully saturated rings. The molecule has 4 heteroatoms. The van der Waals surface area contributed by atoms with Crippen molar-refractivity contribution in [3.63, 3.8) is 0 Å². The summed E-state index contributed by atoms with van der Waals surface area (Å²) in [4.78, 5) is 0. The first-order valence-corrected chi connectivity index (χ1v) is 13.9. The van der Waals surface area contributed by atoms with Gasteiger partial charge in [-0.05, 0) is 39.5 Å². The largest absolute Gasteiger partial charge is 0.462 e. The summed E-state index contributed by atoms with van der Waals surface area (Å²) in [5.41, 5.74) is 8.79. The predicted molar refractivity (Wildman–Crippen MR) is 132 cm³/mol. The van der Waals surface area contributed by atoms with Gasteiger partial charge in [0.15, 0.2) is 5.58 Å². The van der Waals surface area contributed by atoms with Crippen LogP contribution in [0.1, 0.15) is 0 Å². The van der Waals surface area contributed by atoms with Crippen molar-refractivity contribution in [1.82, 2.24) is 8.97 Å². The van der Waals surface area contributed by atoms with Crippen molar-refractivity contribution in [3.05, 3.63) is 66.9 Å². The Morgan fingerprint density at radius 3 is 2.52 bits per heavy atom. The van der Waals surface area contributed by atoms with E-state index in [4.69, 9.17) is 4.42 Å². The predicted octanol–water partition coefficient (Wildman–Crippen LogP) is 5.72. The molecule has 3 aromatic carbocycles. The van der Waals surface area contributed by atoms with Crippen LogP contribution in [-0.2, 0) is 7.05 Å². The van der Waals surface area contributed by atoms with Crippen molar-refractivity contribution in [3.8, 4) is 11.3 Å². The second kappa shape index (κ2) is 4.87. The lowest BCUT2D eigenvalue weighted by Crippen LogP contribution is -2.49. The van der Waals surface area contributed by atoms with Crippen LogP contribution in [0.4, 0.5) is 0 Å². The Balaban J connectivity index is 1.87. The Morgan fingerprint density at radius 2 is 1.61 bits per heavy atom. The van der Waals surface area contributed by atoms with Crippen LogP contribution in [0.5, 0.6) is 0 Å². The fourth-order valence-electron chi connectivity index (χ4n) is 6.47. The van der Waals surface area contributed by atoms with Gasteiger partial charge in [0, 0.05) is 34.8 Å². The molecule has 3 nitrogen and oxygen atoms in total. The highest BCUT2D eigenvalue weighted by Crippen LogP contribution is 2.44. The molecular weight excluding hydrogens is 396 g/mol. The number of hydrogen-bond donors (Lipinski definition) is 0. The van der Waals surface area contributed by atoms with Gasteiger partial charge in [-0.1, -0.05) is 49.5 Å².